The van der Waals surface area contributed by atoms with Crippen molar-refractivity contribution in [3.63, 3.8) is 0 Å². The number of morpholine rings is 1. The molecule has 0 radical (unpaired) electrons. The van der Waals surface area contributed by atoms with Gasteiger partial charge in [-0.25, -0.2) is 0 Å². The highest BCUT2D eigenvalue weighted by molar-refractivity contribution is 6.30. The zero-order chi connectivity index (χ0) is 20.1. The zero-order valence-electron chi connectivity index (χ0n) is 17.4. The van der Waals surface area contributed by atoms with Crippen LogP contribution in [0.5, 0.6) is 0 Å². The highest BCUT2D eigenvalue weighted by Gasteiger charge is 2.36. The highest BCUT2D eigenvalue weighted by atomic mass is 35.5. The normalized spacial score (nSPS) is 25.3. The molecule has 0 aliphatic carbocycles. The van der Waals surface area contributed by atoms with Crippen molar-refractivity contribution < 1.29 is 9.53 Å². The Balaban J connectivity index is 1.51. The Morgan fingerprint density at radius 3 is 2.41 bits per heavy atom. The predicted molar refractivity (Wildman–Crippen MR) is 116 cm³/mol. The Hall–Kier alpha value is -1.14. The van der Waals surface area contributed by atoms with Crippen molar-refractivity contribution >= 4 is 17.5 Å². The third kappa shape index (κ3) is 5.32. The van der Waals surface area contributed by atoms with Crippen molar-refractivity contribution in [3.8, 4) is 0 Å². The molecular formula is C23H34ClN3O2. The number of hydrogen-bond acceptors (Lipinski definition) is 4. The van der Waals surface area contributed by atoms with Gasteiger partial charge in [0, 0.05) is 37.2 Å². The minimum atomic E-state index is -0.233. The summed E-state index contributed by atoms with van der Waals surface area (Å²) in [7, 11) is 0. The number of piperidine rings is 1. The quantitative estimate of drug-likeness (QED) is 0.706. The fourth-order valence-corrected chi connectivity index (χ4v) is 5.20. The van der Waals surface area contributed by atoms with Gasteiger partial charge in [0.05, 0.1) is 13.2 Å². The number of amides is 1. The van der Waals surface area contributed by atoms with E-state index in [2.05, 4.69) is 14.7 Å². The first-order chi connectivity index (χ1) is 14.2. The van der Waals surface area contributed by atoms with Crippen LogP contribution in [0.25, 0.3) is 0 Å². The van der Waals surface area contributed by atoms with Crippen LogP contribution in [-0.2, 0) is 9.53 Å². The van der Waals surface area contributed by atoms with E-state index in [0.717, 1.165) is 51.0 Å². The maximum atomic E-state index is 13.9. The molecule has 3 aliphatic rings. The van der Waals surface area contributed by atoms with Crippen molar-refractivity contribution in [3.05, 3.63) is 34.9 Å². The van der Waals surface area contributed by atoms with Crippen LogP contribution in [0.4, 0.5) is 0 Å². The minimum Gasteiger partial charge on any atom is -0.379 e. The summed E-state index contributed by atoms with van der Waals surface area (Å²) in [6.45, 7) is 7.43. The van der Waals surface area contributed by atoms with Gasteiger partial charge in [-0.3, -0.25) is 9.69 Å². The SMILES string of the molecule is O=C([C@@H](c1ccc(Cl)cc1)N1CCOCC1)N1CCCC[C@H]1CCN1CCCC1. The van der Waals surface area contributed by atoms with E-state index >= 15 is 0 Å². The molecule has 0 bridgehead atoms. The molecule has 0 aromatic heterocycles. The minimum absolute atomic E-state index is 0.233. The van der Waals surface area contributed by atoms with E-state index in [-0.39, 0.29) is 11.9 Å². The molecular weight excluding hydrogens is 386 g/mol. The fraction of sp³-hybridized carbons (Fsp3) is 0.696. The van der Waals surface area contributed by atoms with Crippen LogP contribution in [0.3, 0.4) is 0 Å². The van der Waals surface area contributed by atoms with E-state index in [9.17, 15) is 4.79 Å². The largest absolute Gasteiger partial charge is 0.379 e. The second-order valence-corrected chi connectivity index (χ2v) is 9.06. The van der Waals surface area contributed by atoms with Gasteiger partial charge in [0.1, 0.15) is 6.04 Å². The molecule has 0 saturated carbocycles. The molecule has 29 heavy (non-hydrogen) atoms. The number of nitrogens with zero attached hydrogens (tertiary/aromatic N) is 3. The monoisotopic (exact) mass is 419 g/mol. The lowest BCUT2D eigenvalue weighted by Gasteiger charge is -2.42. The molecule has 1 aromatic rings. The Morgan fingerprint density at radius 1 is 1.00 bits per heavy atom. The molecule has 0 N–H and O–H groups in total. The van der Waals surface area contributed by atoms with E-state index in [0.29, 0.717) is 24.3 Å². The van der Waals surface area contributed by atoms with Crippen LogP contribution >= 0.6 is 11.6 Å². The second kappa shape index (κ2) is 10.3. The topological polar surface area (TPSA) is 36.0 Å². The van der Waals surface area contributed by atoms with E-state index in [1.165, 1.54) is 32.4 Å². The number of rotatable bonds is 6. The molecule has 3 saturated heterocycles. The molecule has 0 unspecified atom stereocenters. The standard InChI is InChI=1S/C23H34ClN3O2/c24-20-8-6-19(7-9-20)22(26-15-17-29-18-16-26)23(28)27-13-2-1-5-21(27)10-14-25-11-3-4-12-25/h6-9,21-22H,1-5,10-18H2/t21-,22+/m0/s1. The van der Waals surface area contributed by atoms with Gasteiger partial charge in [-0.2, -0.15) is 0 Å². The first-order valence-electron chi connectivity index (χ1n) is 11.3. The van der Waals surface area contributed by atoms with Gasteiger partial charge in [-0.1, -0.05) is 23.7 Å². The maximum absolute atomic E-state index is 13.9. The molecule has 1 amide bonds. The number of carbonyl (C=O) groups is 1. The highest BCUT2D eigenvalue weighted by Crippen LogP contribution is 2.30. The third-order valence-corrected chi connectivity index (χ3v) is 6.97. The lowest BCUT2D eigenvalue weighted by atomic mass is 9.95. The van der Waals surface area contributed by atoms with E-state index in [1.807, 2.05) is 24.3 Å². The van der Waals surface area contributed by atoms with Gasteiger partial charge in [-0.05, 0) is 69.3 Å². The van der Waals surface area contributed by atoms with Gasteiger partial charge in [0.2, 0.25) is 5.91 Å². The van der Waals surface area contributed by atoms with Gasteiger partial charge >= 0.3 is 0 Å². The number of likely N-dealkylation sites (tertiary alicyclic amines) is 2. The molecule has 2 atom stereocenters. The van der Waals surface area contributed by atoms with E-state index in [1.54, 1.807) is 0 Å². The van der Waals surface area contributed by atoms with Crippen molar-refractivity contribution in [2.75, 3.05) is 52.5 Å². The van der Waals surface area contributed by atoms with Crippen molar-refractivity contribution in [1.82, 2.24) is 14.7 Å². The lowest BCUT2D eigenvalue weighted by molar-refractivity contribution is -0.143. The number of hydrogen-bond donors (Lipinski definition) is 0. The Morgan fingerprint density at radius 2 is 1.69 bits per heavy atom. The third-order valence-electron chi connectivity index (χ3n) is 6.72. The summed E-state index contributed by atoms with van der Waals surface area (Å²) in [5.74, 6) is 0.264. The van der Waals surface area contributed by atoms with Crippen molar-refractivity contribution in [1.29, 1.82) is 0 Å². The van der Waals surface area contributed by atoms with Crippen LogP contribution in [-0.4, -0.2) is 79.1 Å². The van der Waals surface area contributed by atoms with E-state index in [4.69, 9.17) is 16.3 Å². The Bertz CT molecular complexity index is 657. The van der Waals surface area contributed by atoms with Crippen LogP contribution < -0.4 is 0 Å². The Labute approximate surface area is 179 Å². The molecule has 3 aliphatic heterocycles. The molecule has 4 rings (SSSR count). The van der Waals surface area contributed by atoms with Crippen LogP contribution in [0.2, 0.25) is 5.02 Å². The summed E-state index contributed by atoms with van der Waals surface area (Å²) in [6, 6.07) is 7.97. The predicted octanol–water partition coefficient (Wildman–Crippen LogP) is 3.58. The van der Waals surface area contributed by atoms with Crippen LogP contribution in [0.1, 0.15) is 50.1 Å². The average molecular weight is 420 g/mol. The summed E-state index contributed by atoms with van der Waals surface area (Å²) in [5, 5.41) is 0.711. The summed E-state index contributed by atoms with van der Waals surface area (Å²) >= 11 is 6.12. The van der Waals surface area contributed by atoms with E-state index < -0.39 is 0 Å². The van der Waals surface area contributed by atoms with Gasteiger partial charge in [-0.15, -0.1) is 0 Å². The number of halogens is 1. The molecule has 1 aromatic carbocycles. The summed E-state index contributed by atoms with van der Waals surface area (Å²) in [5.41, 5.74) is 1.05. The molecule has 160 valence electrons. The Kier molecular flexibility index (Phi) is 7.46. The number of ether oxygens (including phenoxy) is 1. The average Bonchev–Trinajstić information content (AvgIpc) is 3.28. The first kappa shape index (κ1) is 21.1. The number of carbonyl (C=O) groups excluding carboxylic acids is 1. The van der Waals surface area contributed by atoms with Crippen LogP contribution in [0, 0.1) is 0 Å². The zero-order valence-corrected chi connectivity index (χ0v) is 18.2. The smallest absolute Gasteiger partial charge is 0.244 e. The number of benzene rings is 1. The lowest BCUT2D eigenvalue weighted by Crippen LogP contribution is -2.52. The first-order valence-corrected chi connectivity index (χ1v) is 11.7. The summed E-state index contributed by atoms with van der Waals surface area (Å²) in [4.78, 5) is 20.9. The van der Waals surface area contributed by atoms with Crippen LogP contribution in [0.15, 0.2) is 24.3 Å². The molecule has 6 heteroatoms. The van der Waals surface area contributed by atoms with Gasteiger partial charge in [0.25, 0.3) is 0 Å². The van der Waals surface area contributed by atoms with Gasteiger partial charge in [0.15, 0.2) is 0 Å². The second-order valence-electron chi connectivity index (χ2n) is 8.62. The summed E-state index contributed by atoms with van der Waals surface area (Å²) in [6.07, 6.45) is 7.23. The summed E-state index contributed by atoms with van der Waals surface area (Å²) < 4.78 is 5.55. The molecule has 0 spiro atoms. The van der Waals surface area contributed by atoms with Gasteiger partial charge < -0.3 is 14.5 Å². The van der Waals surface area contributed by atoms with Crippen molar-refractivity contribution in [2.24, 2.45) is 0 Å². The fourth-order valence-electron chi connectivity index (χ4n) is 5.08. The van der Waals surface area contributed by atoms with Crippen molar-refractivity contribution in [2.45, 2.75) is 50.6 Å². The molecule has 3 heterocycles. The molecule has 3 fully saturated rings. The molecule has 5 nitrogen and oxygen atoms in total. The maximum Gasteiger partial charge on any atom is 0.244 e.